The van der Waals surface area contributed by atoms with E-state index in [1.54, 1.807) is 0 Å². The first-order valence-corrected chi connectivity index (χ1v) is 7.31. The molecule has 2 rings (SSSR count). The molecule has 21 heavy (non-hydrogen) atoms. The third kappa shape index (κ3) is 4.32. The normalized spacial score (nSPS) is 16.1. The van der Waals surface area contributed by atoms with Crippen LogP contribution in [0.1, 0.15) is 24.0 Å². The van der Waals surface area contributed by atoms with Gasteiger partial charge in [0.05, 0.1) is 19.6 Å². The van der Waals surface area contributed by atoms with Gasteiger partial charge in [-0.25, -0.2) is 0 Å². The summed E-state index contributed by atoms with van der Waals surface area (Å²) < 4.78 is 4.82. The predicted octanol–water partition coefficient (Wildman–Crippen LogP) is 1.38. The van der Waals surface area contributed by atoms with Gasteiger partial charge >= 0.3 is 5.97 Å². The average molecular weight is 286 g/mol. The fourth-order valence-electron chi connectivity index (χ4n) is 2.66. The van der Waals surface area contributed by atoms with Crippen LogP contribution in [0.5, 0.6) is 0 Å². The number of hydrogen-bond acceptors (Lipinski definition) is 4. The van der Waals surface area contributed by atoms with Crippen molar-refractivity contribution in [3.63, 3.8) is 0 Å². The highest BCUT2D eigenvalue weighted by atomic mass is 16.5. The number of carbonyl (C=O) groups is 1. The van der Waals surface area contributed by atoms with Crippen LogP contribution in [-0.2, 0) is 16.1 Å². The molecule has 0 aliphatic carbocycles. The second-order valence-electron chi connectivity index (χ2n) is 5.24. The van der Waals surface area contributed by atoms with Crippen molar-refractivity contribution in [3.8, 4) is 11.8 Å². The number of nitrogens with zero attached hydrogens (tertiary/aromatic N) is 1. The highest BCUT2D eigenvalue weighted by molar-refractivity contribution is 5.72. The molecule has 0 spiro atoms. The summed E-state index contributed by atoms with van der Waals surface area (Å²) in [6, 6.07) is 8.16. The molecule has 1 fully saturated rings. The maximum atomic E-state index is 11.5. The highest BCUT2D eigenvalue weighted by Crippen LogP contribution is 2.21. The molecule has 0 bridgehead atoms. The Kier molecular flexibility index (Phi) is 5.79. The van der Waals surface area contributed by atoms with Crippen LogP contribution in [0, 0.1) is 17.8 Å². The van der Waals surface area contributed by atoms with Gasteiger partial charge in [-0.15, -0.1) is 0 Å². The zero-order valence-corrected chi connectivity index (χ0v) is 12.5. The van der Waals surface area contributed by atoms with Crippen molar-refractivity contribution in [2.45, 2.75) is 19.4 Å². The van der Waals surface area contributed by atoms with Crippen molar-refractivity contribution in [2.75, 3.05) is 26.7 Å². The van der Waals surface area contributed by atoms with Crippen molar-refractivity contribution >= 4 is 5.97 Å². The molecule has 1 aromatic carbocycles. The van der Waals surface area contributed by atoms with Gasteiger partial charge in [0, 0.05) is 12.1 Å². The van der Waals surface area contributed by atoms with E-state index in [9.17, 15) is 4.79 Å². The first-order chi connectivity index (χ1) is 10.2. The number of likely N-dealkylation sites (tertiary alicyclic amines) is 1. The van der Waals surface area contributed by atoms with Gasteiger partial charge in [-0.1, -0.05) is 30.0 Å². The lowest BCUT2D eigenvalue weighted by atomic mass is 9.96. The fraction of sp³-hybridized carbons (Fsp3) is 0.471. The minimum Gasteiger partial charge on any atom is -0.469 e. The number of ether oxygens (including phenoxy) is 1. The number of hydrogen-bond donors (Lipinski definition) is 1. The van der Waals surface area contributed by atoms with Crippen molar-refractivity contribution in [2.24, 2.45) is 11.7 Å². The SMILES string of the molecule is COC(=O)C1CCN(Cc2ccccc2C#CCN)CC1. The van der Waals surface area contributed by atoms with E-state index in [4.69, 9.17) is 10.5 Å². The van der Waals surface area contributed by atoms with Crippen LogP contribution in [0.15, 0.2) is 24.3 Å². The third-order valence-electron chi connectivity index (χ3n) is 3.86. The Morgan fingerprint density at radius 2 is 2.10 bits per heavy atom. The van der Waals surface area contributed by atoms with Gasteiger partial charge in [0.15, 0.2) is 0 Å². The van der Waals surface area contributed by atoms with Crippen molar-refractivity contribution < 1.29 is 9.53 Å². The smallest absolute Gasteiger partial charge is 0.308 e. The average Bonchev–Trinajstić information content (AvgIpc) is 2.54. The van der Waals surface area contributed by atoms with Crippen molar-refractivity contribution in [3.05, 3.63) is 35.4 Å². The molecule has 0 amide bonds. The quantitative estimate of drug-likeness (QED) is 0.674. The molecule has 0 aromatic heterocycles. The Morgan fingerprint density at radius 1 is 1.38 bits per heavy atom. The molecule has 0 radical (unpaired) electrons. The lowest BCUT2D eigenvalue weighted by Gasteiger charge is -2.30. The predicted molar refractivity (Wildman–Crippen MR) is 82.4 cm³/mol. The second kappa shape index (κ2) is 7.82. The van der Waals surface area contributed by atoms with Gasteiger partial charge in [0.2, 0.25) is 0 Å². The number of esters is 1. The second-order valence-corrected chi connectivity index (χ2v) is 5.24. The van der Waals surface area contributed by atoms with Crippen LogP contribution in [0.2, 0.25) is 0 Å². The number of carbonyl (C=O) groups excluding carboxylic acids is 1. The number of nitrogens with two attached hydrogens (primary N) is 1. The van der Waals surface area contributed by atoms with E-state index in [-0.39, 0.29) is 11.9 Å². The fourth-order valence-corrected chi connectivity index (χ4v) is 2.66. The standard InChI is InChI=1S/C17H22N2O2/c1-21-17(20)15-8-11-19(12-9-15)13-16-6-3-2-5-14(16)7-4-10-18/h2-3,5-6,15H,8-13,18H2,1H3. The summed E-state index contributed by atoms with van der Waals surface area (Å²) >= 11 is 0. The van der Waals surface area contributed by atoms with E-state index in [2.05, 4.69) is 22.8 Å². The summed E-state index contributed by atoms with van der Waals surface area (Å²) in [6.45, 7) is 3.07. The molecule has 4 nitrogen and oxygen atoms in total. The zero-order chi connectivity index (χ0) is 15.1. The number of benzene rings is 1. The van der Waals surface area contributed by atoms with E-state index < -0.39 is 0 Å². The first kappa shape index (κ1) is 15.6. The van der Waals surface area contributed by atoms with Gasteiger partial charge < -0.3 is 10.5 Å². The van der Waals surface area contributed by atoms with Gasteiger partial charge in [-0.3, -0.25) is 9.69 Å². The summed E-state index contributed by atoms with van der Waals surface area (Å²) in [5.41, 5.74) is 7.70. The van der Waals surface area contributed by atoms with E-state index in [1.165, 1.54) is 12.7 Å². The largest absolute Gasteiger partial charge is 0.469 e. The number of rotatable bonds is 3. The van der Waals surface area contributed by atoms with Crippen molar-refractivity contribution in [1.29, 1.82) is 0 Å². The summed E-state index contributed by atoms with van der Waals surface area (Å²) in [4.78, 5) is 13.9. The molecular weight excluding hydrogens is 264 g/mol. The van der Waals surface area contributed by atoms with Crippen LogP contribution in [-0.4, -0.2) is 37.6 Å². The maximum Gasteiger partial charge on any atom is 0.308 e. The Balaban J connectivity index is 1.96. The molecule has 2 N–H and O–H groups in total. The molecule has 0 saturated carbocycles. The van der Waals surface area contributed by atoms with E-state index in [1.807, 2.05) is 18.2 Å². The Labute approximate surface area is 126 Å². The van der Waals surface area contributed by atoms with Crippen LogP contribution in [0.25, 0.3) is 0 Å². The van der Waals surface area contributed by atoms with Crippen LogP contribution in [0.4, 0.5) is 0 Å². The van der Waals surface area contributed by atoms with Gasteiger partial charge in [-0.2, -0.15) is 0 Å². The molecule has 1 saturated heterocycles. The first-order valence-electron chi connectivity index (χ1n) is 7.31. The maximum absolute atomic E-state index is 11.5. The molecule has 1 heterocycles. The van der Waals surface area contributed by atoms with Crippen LogP contribution >= 0.6 is 0 Å². The van der Waals surface area contributed by atoms with E-state index >= 15 is 0 Å². The lowest BCUT2D eigenvalue weighted by molar-refractivity contribution is -0.147. The molecular formula is C17H22N2O2. The molecule has 1 aromatic rings. The van der Waals surface area contributed by atoms with Gasteiger partial charge in [-0.05, 0) is 37.6 Å². The third-order valence-corrected chi connectivity index (χ3v) is 3.86. The summed E-state index contributed by atoms with van der Waals surface area (Å²) in [7, 11) is 1.46. The zero-order valence-electron chi connectivity index (χ0n) is 12.5. The minimum absolute atomic E-state index is 0.0542. The summed E-state index contributed by atoms with van der Waals surface area (Å²) in [5.74, 6) is 6.01. The Hall–Kier alpha value is -1.83. The van der Waals surface area contributed by atoms with E-state index in [0.29, 0.717) is 6.54 Å². The molecule has 4 heteroatoms. The van der Waals surface area contributed by atoms with Gasteiger partial charge in [0.1, 0.15) is 0 Å². The molecule has 0 atom stereocenters. The van der Waals surface area contributed by atoms with Crippen LogP contribution < -0.4 is 5.73 Å². The molecule has 1 aliphatic heterocycles. The Bertz CT molecular complexity index is 537. The highest BCUT2D eigenvalue weighted by Gasteiger charge is 2.25. The topological polar surface area (TPSA) is 55.6 Å². The molecule has 0 unspecified atom stereocenters. The molecule has 112 valence electrons. The number of piperidine rings is 1. The summed E-state index contributed by atoms with van der Waals surface area (Å²) in [5, 5.41) is 0. The lowest BCUT2D eigenvalue weighted by Crippen LogP contribution is -2.36. The minimum atomic E-state index is -0.0798. The monoisotopic (exact) mass is 286 g/mol. The number of methoxy groups -OCH3 is 1. The van der Waals surface area contributed by atoms with E-state index in [0.717, 1.165) is 38.0 Å². The summed E-state index contributed by atoms with van der Waals surface area (Å²) in [6.07, 6.45) is 1.73. The van der Waals surface area contributed by atoms with Gasteiger partial charge in [0.25, 0.3) is 0 Å². The van der Waals surface area contributed by atoms with Crippen LogP contribution in [0.3, 0.4) is 0 Å². The Morgan fingerprint density at radius 3 is 2.76 bits per heavy atom. The molecule has 1 aliphatic rings. The van der Waals surface area contributed by atoms with Crippen molar-refractivity contribution in [1.82, 2.24) is 4.90 Å².